The van der Waals surface area contributed by atoms with Gasteiger partial charge >= 0.3 is 0 Å². The quantitative estimate of drug-likeness (QED) is 0.677. The molecule has 0 saturated heterocycles. The van der Waals surface area contributed by atoms with Crippen LogP contribution in [0, 0.1) is 0 Å². The maximum atomic E-state index is 11.0. The molecule has 0 unspecified atom stereocenters. The van der Waals surface area contributed by atoms with E-state index in [1.807, 2.05) is 0 Å². The van der Waals surface area contributed by atoms with Gasteiger partial charge < -0.3 is 10.8 Å². The standard InChI is InChI=1S/C10H10N4O2/c11-10(16)9-8(12-14-13-9)7-3-1-6(5-15)2-4-7/h1-4,15H,5H2,(H2,11,16)(H,12,13,14). The van der Waals surface area contributed by atoms with Gasteiger partial charge in [-0.3, -0.25) is 4.79 Å². The monoisotopic (exact) mass is 218 g/mol. The molecule has 16 heavy (non-hydrogen) atoms. The van der Waals surface area contributed by atoms with Crippen LogP contribution in [0.3, 0.4) is 0 Å². The summed E-state index contributed by atoms with van der Waals surface area (Å²) in [7, 11) is 0. The third-order valence-corrected chi connectivity index (χ3v) is 2.19. The first kappa shape index (κ1) is 10.3. The summed E-state index contributed by atoms with van der Waals surface area (Å²) >= 11 is 0. The van der Waals surface area contributed by atoms with Crippen LogP contribution in [0.4, 0.5) is 0 Å². The highest BCUT2D eigenvalue weighted by Gasteiger charge is 2.14. The molecule has 2 aromatic rings. The van der Waals surface area contributed by atoms with Crippen molar-refractivity contribution in [3.8, 4) is 11.3 Å². The van der Waals surface area contributed by atoms with Crippen molar-refractivity contribution in [2.24, 2.45) is 5.73 Å². The molecule has 1 heterocycles. The number of H-pyrrole nitrogens is 1. The minimum atomic E-state index is -0.630. The smallest absolute Gasteiger partial charge is 0.271 e. The molecule has 0 atom stereocenters. The van der Waals surface area contributed by atoms with Gasteiger partial charge in [0.05, 0.1) is 6.61 Å². The Kier molecular flexibility index (Phi) is 2.65. The van der Waals surface area contributed by atoms with E-state index in [1.165, 1.54) is 0 Å². The molecule has 0 spiro atoms. The Hall–Kier alpha value is -2.21. The van der Waals surface area contributed by atoms with Gasteiger partial charge in [-0.05, 0) is 5.56 Å². The molecule has 0 fully saturated rings. The van der Waals surface area contributed by atoms with E-state index in [0.29, 0.717) is 5.69 Å². The fourth-order valence-electron chi connectivity index (χ4n) is 1.37. The summed E-state index contributed by atoms with van der Waals surface area (Å²) in [6, 6.07) is 6.98. The summed E-state index contributed by atoms with van der Waals surface area (Å²) in [5.74, 6) is -0.630. The van der Waals surface area contributed by atoms with Crippen LogP contribution in [-0.4, -0.2) is 26.4 Å². The van der Waals surface area contributed by atoms with Gasteiger partial charge in [0.25, 0.3) is 5.91 Å². The molecular weight excluding hydrogens is 208 g/mol. The minimum absolute atomic E-state index is 0.0260. The third-order valence-electron chi connectivity index (χ3n) is 2.19. The number of benzene rings is 1. The molecule has 0 aliphatic heterocycles. The molecular formula is C10H10N4O2. The van der Waals surface area contributed by atoms with Gasteiger partial charge in [0.2, 0.25) is 0 Å². The second-order valence-corrected chi connectivity index (χ2v) is 3.24. The molecule has 4 N–H and O–H groups in total. The van der Waals surface area contributed by atoms with Crippen LogP contribution < -0.4 is 5.73 Å². The number of aliphatic hydroxyl groups excluding tert-OH is 1. The molecule has 6 nitrogen and oxygen atoms in total. The minimum Gasteiger partial charge on any atom is -0.392 e. The number of nitrogens with zero attached hydrogens (tertiary/aromatic N) is 2. The van der Waals surface area contributed by atoms with E-state index < -0.39 is 5.91 Å². The molecule has 2 rings (SSSR count). The molecule has 0 aliphatic rings. The average Bonchev–Trinajstić information content (AvgIpc) is 2.78. The van der Waals surface area contributed by atoms with E-state index in [4.69, 9.17) is 10.8 Å². The number of hydrogen-bond acceptors (Lipinski definition) is 4. The number of carbonyl (C=O) groups excluding carboxylic acids is 1. The first-order valence-electron chi connectivity index (χ1n) is 4.63. The Bertz CT molecular complexity index is 504. The molecule has 1 aromatic heterocycles. The van der Waals surface area contributed by atoms with Gasteiger partial charge in [0, 0.05) is 5.56 Å². The number of aromatic amines is 1. The first-order valence-corrected chi connectivity index (χ1v) is 4.63. The number of carbonyl (C=O) groups is 1. The predicted molar refractivity (Wildman–Crippen MR) is 56.3 cm³/mol. The number of amides is 1. The van der Waals surface area contributed by atoms with Crippen molar-refractivity contribution < 1.29 is 9.90 Å². The largest absolute Gasteiger partial charge is 0.392 e. The van der Waals surface area contributed by atoms with Crippen LogP contribution in [0.25, 0.3) is 11.3 Å². The van der Waals surface area contributed by atoms with Crippen LogP contribution in [-0.2, 0) is 6.61 Å². The SMILES string of the molecule is NC(=O)c1n[nH]nc1-c1ccc(CO)cc1. The number of rotatable bonds is 3. The number of aromatic nitrogens is 3. The Labute approximate surface area is 91.1 Å². The fourth-order valence-corrected chi connectivity index (χ4v) is 1.37. The van der Waals surface area contributed by atoms with Gasteiger partial charge in [-0.25, -0.2) is 0 Å². The topological polar surface area (TPSA) is 105 Å². The number of hydrogen-bond donors (Lipinski definition) is 3. The lowest BCUT2D eigenvalue weighted by Crippen LogP contribution is -2.12. The van der Waals surface area contributed by atoms with Crippen molar-refractivity contribution in [3.63, 3.8) is 0 Å². The number of nitrogens with two attached hydrogens (primary N) is 1. The van der Waals surface area contributed by atoms with Crippen molar-refractivity contribution in [1.82, 2.24) is 15.4 Å². The van der Waals surface area contributed by atoms with Gasteiger partial charge in [0.15, 0.2) is 5.69 Å². The fraction of sp³-hybridized carbons (Fsp3) is 0.100. The number of aliphatic hydroxyl groups is 1. The Morgan fingerprint density at radius 2 is 2.00 bits per heavy atom. The van der Waals surface area contributed by atoms with Crippen molar-refractivity contribution in [2.75, 3.05) is 0 Å². The summed E-state index contributed by atoms with van der Waals surface area (Å²) in [5, 5.41) is 18.8. The van der Waals surface area contributed by atoms with Crippen LogP contribution in [0.2, 0.25) is 0 Å². The zero-order valence-corrected chi connectivity index (χ0v) is 8.34. The van der Waals surface area contributed by atoms with E-state index in [-0.39, 0.29) is 12.3 Å². The highest BCUT2D eigenvalue weighted by molar-refractivity contribution is 5.96. The van der Waals surface area contributed by atoms with Crippen LogP contribution in [0.5, 0.6) is 0 Å². The Balaban J connectivity index is 2.42. The van der Waals surface area contributed by atoms with E-state index in [2.05, 4.69) is 15.4 Å². The molecule has 0 saturated carbocycles. The lowest BCUT2D eigenvalue weighted by Gasteiger charge is -1.99. The predicted octanol–water partition coefficient (Wildman–Crippen LogP) is 0.0629. The number of nitrogens with one attached hydrogen (secondary N) is 1. The second-order valence-electron chi connectivity index (χ2n) is 3.24. The van der Waals surface area contributed by atoms with E-state index >= 15 is 0 Å². The first-order chi connectivity index (χ1) is 7.72. The lowest BCUT2D eigenvalue weighted by atomic mass is 10.1. The van der Waals surface area contributed by atoms with E-state index in [9.17, 15) is 4.79 Å². The van der Waals surface area contributed by atoms with Crippen LogP contribution in [0.15, 0.2) is 24.3 Å². The second kappa shape index (κ2) is 4.11. The van der Waals surface area contributed by atoms with Crippen molar-refractivity contribution >= 4 is 5.91 Å². The van der Waals surface area contributed by atoms with Gasteiger partial charge in [-0.2, -0.15) is 15.4 Å². The highest BCUT2D eigenvalue weighted by atomic mass is 16.3. The summed E-state index contributed by atoms with van der Waals surface area (Å²) in [5.41, 5.74) is 7.18. The van der Waals surface area contributed by atoms with E-state index in [0.717, 1.165) is 11.1 Å². The van der Waals surface area contributed by atoms with Crippen LogP contribution >= 0.6 is 0 Å². The maximum Gasteiger partial charge on any atom is 0.271 e. The van der Waals surface area contributed by atoms with E-state index in [1.54, 1.807) is 24.3 Å². The average molecular weight is 218 g/mol. The summed E-state index contributed by atoms with van der Waals surface area (Å²) in [4.78, 5) is 11.0. The van der Waals surface area contributed by atoms with Gasteiger partial charge in [-0.1, -0.05) is 24.3 Å². The molecule has 0 bridgehead atoms. The molecule has 1 amide bonds. The molecule has 82 valence electrons. The molecule has 1 aromatic carbocycles. The van der Waals surface area contributed by atoms with Crippen molar-refractivity contribution in [2.45, 2.75) is 6.61 Å². The zero-order chi connectivity index (χ0) is 11.5. The molecule has 0 aliphatic carbocycles. The third kappa shape index (κ3) is 1.78. The highest BCUT2D eigenvalue weighted by Crippen LogP contribution is 2.19. The van der Waals surface area contributed by atoms with Crippen molar-refractivity contribution in [1.29, 1.82) is 0 Å². The zero-order valence-electron chi connectivity index (χ0n) is 8.34. The van der Waals surface area contributed by atoms with Crippen molar-refractivity contribution in [3.05, 3.63) is 35.5 Å². The Morgan fingerprint density at radius 3 is 2.56 bits per heavy atom. The molecule has 6 heteroatoms. The molecule has 0 radical (unpaired) electrons. The summed E-state index contributed by atoms with van der Waals surface area (Å²) in [6.45, 7) is -0.0260. The summed E-state index contributed by atoms with van der Waals surface area (Å²) in [6.07, 6.45) is 0. The Morgan fingerprint density at radius 1 is 1.31 bits per heavy atom. The van der Waals surface area contributed by atoms with Gasteiger partial charge in [-0.15, -0.1) is 0 Å². The normalized spacial score (nSPS) is 10.3. The number of primary amides is 1. The maximum absolute atomic E-state index is 11.0. The summed E-state index contributed by atoms with van der Waals surface area (Å²) < 4.78 is 0. The lowest BCUT2D eigenvalue weighted by molar-refractivity contribution is 0.0996. The van der Waals surface area contributed by atoms with Crippen LogP contribution in [0.1, 0.15) is 16.1 Å². The van der Waals surface area contributed by atoms with Gasteiger partial charge in [0.1, 0.15) is 5.69 Å².